The van der Waals surface area contributed by atoms with Crippen molar-refractivity contribution in [2.75, 3.05) is 0 Å². The number of amidine groups is 1. The van der Waals surface area contributed by atoms with Gasteiger partial charge in [0.1, 0.15) is 0 Å². The minimum Gasteiger partial charge on any atom is -0.309 e. The summed E-state index contributed by atoms with van der Waals surface area (Å²) in [5, 5.41) is 2.46. The van der Waals surface area contributed by atoms with E-state index in [1.54, 1.807) is 0 Å². The third-order valence-electron chi connectivity index (χ3n) is 11.0. The molecule has 0 radical (unpaired) electrons. The van der Waals surface area contributed by atoms with Crippen LogP contribution in [0.3, 0.4) is 0 Å². The lowest BCUT2D eigenvalue weighted by molar-refractivity contribution is 0.841. The molecule has 0 N–H and O–H groups in total. The van der Waals surface area contributed by atoms with Crippen molar-refractivity contribution in [3.63, 3.8) is 0 Å². The summed E-state index contributed by atoms with van der Waals surface area (Å²) < 4.78 is 2.45. The molecule has 0 spiro atoms. The summed E-state index contributed by atoms with van der Waals surface area (Å²) in [5.41, 5.74) is 15.7. The highest BCUT2D eigenvalue weighted by molar-refractivity contribution is 6.16. The van der Waals surface area contributed by atoms with Crippen molar-refractivity contribution in [2.24, 2.45) is 9.98 Å². The Kier molecular flexibility index (Phi) is 8.81. The fraction of sp³-hybridized carbons (Fsp3) is 0.0370. The van der Waals surface area contributed by atoms with E-state index >= 15 is 0 Å². The zero-order valence-corrected chi connectivity index (χ0v) is 31.5. The molecule has 10 rings (SSSR count). The summed E-state index contributed by atoms with van der Waals surface area (Å²) in [7, 11) is 0. The van der Waals surface area contributed by atoms with Gasteiger partial charge in [0.15, 0.2) is 5.84 Å². The van der Waals surface area contributed by atoms with Crippen LogP contribution in [-0.4, -0.2) is 16.1 Å². The Labute approximate surface area is 333 Å². The molecule has 3 nitrogen and oxygen atoms in total. The highest BCUT2D eigenvalue weighted by Gasteiger charge is 2.23. The molecule has 1 atom stereocenters. The molecule has 0 bridgehead atoms. The van der Waals surface area contributed by atoms with Crippen LogP contribution >= 0.6 is 0 Å². The van der Waals surface area contributed by atoms with Gasteiger partial charge < -0.3 is 4.57 Å². The molecule has 0 saturated heterocycles. The van der Waals surface area contributed by atoms with Crippen molar-refractivity contribution in [1.29, 1.82) is 0 Å². The first-order valence-corrected chi connectivity index (χ1v) is 19.5. The molecule has 1 aromatic heterocycles. The van der Waals surface area contributed by atoms with Crippen LogP contribution in [0.25, 0.3) is 60.9 Å². The number of aromatic nitrogens is 1. The first kappa shape index (κ1) is 34.2. The number of hydrogen-bond acceptors (Lipinski definition) is 2. The van der Waals surface area contributed by atoms with E-state index in [9.17, 15) is 0 Å². The van der Waals surface area contributed by atoms with E-state index in [4.69, 9.17) is 9.98 Å². The van der Waals surface area contributed by atoms with Gasteiger partial charge in [-0.15, -0.1) is 0 Å². The van der Waals surface area contributed by atoms with Crippen LogP contribution in [0.5, 0.6) is 0 Å². The molecule has 0 aliphatic carbocycles. The normalized spacial score (nSPS) is 14.3. The van der Waals surface area contributed by atoms with Gasteiger partial charge >= 0.3 is 0 Å². The average molecular weight is 730 g/mol. The maximum absolute atomic E-state index is 5.33. The lowest BCUT2D eigenvalue weighted by atomic mass is 9.92. The van der Waals surface area contributed by atoms with Crippen LogP contribution in [0.15, 0.2) is 228 Å². The molecule has 2 heterocycles. The molecule has 1 unspecified atom stereocenters. The molecule has 1 aliphatic heterocycles. The lowest BCUT2D eigenvalue weighted by Crippen LogP contribution is -2.05. The fourth-order valence-electron chi connectivity index (χ4n) is 8.27. The van der Waals surface area contributed by atoms with Crippen molar-refractivity contribution < 1.29 is 0 Å². The Morgan fingerprint density at radius 2 is 1.04 bits per heavy atom. The van der Waals surface area contributed by atoms with Gasteiger partial charge in [0.05, 0.1) is 22.8 Å². The van der Waals surface area contributed by atoms with Crippen LogP contribution in [0.1, 0.15) is 29.2 Å². The number of aliphatic imine (C=N–C) groups is 2. The molecular formula is C54H39N3. The van der Waals surface area contributed by atoms with Gasteiger partial charge in [0, 0.05) is 34.0 Å². The second-order valence-electron chi connectivity index (χ2n) is 14.7. The highest BCUT2D eigenvalue weighted by Crippen LogP contribution is 2.42. The molecule has 57 heavy (non-hydrogen) atoms. The number of nitrogens with zero attached hydrogens (tertiary/aromatic N) is 3. The Morgan fingerprint density at radius 1 is 0.456 bits per heavy atom. The Balaban J connectivity index is 1.10. The van der Waals surface area contributed by atoms with Crippen molar-refractivity contribution in [3.8, 4) is 39.1 Å². The minimum atomic E-state index is -0.252. The van der Waals surface area contributed by atoms with Crippen LogP contribution in [-0.2, 0) is 0 Å². The zero-order chi connectivity index (χ0) is 38.1. The molecule has 3 heteroatoms. The Hall–Kier alpha value is -7.36. The number of rotatable bonds is 7. The smallest absolute Gasteiger partial charge is 0.155 e. The number of hydrogen-bond donors (Lipinski definition) is 0. The van der Waals surface area contributed by atoms with Gasteiger partial charge in [-0.1, -0.05) is 176 Å². The molecule has 0 fully saturated rings. The number of fused-ring (bicyclic) bond motifs is 3. The van der Waals surface area contributed by atoms with E-state index in [1.165, 1.54) is 44.1 Å². The summed E-state index contributed by atoms with van der Waals surface area (Å²) in [6.45, 7) is 4.61. The maximum Gasteiger partial charge on any atom is 0.155 e. The van der Waals surface area contributed by atoms with Crippen molar-refractivity contribution in [3.05, 3.63) is 235 Å². The average Bonchev–Trinajstić information content (AvgIpc) is 3.51. The summed E-state index contributed by atoms with van der Waals surface area (Å²) >= 11 is 0. The summed E-state index contributed by atoms with van der Waals surface area (Å²) in [6, 6.07) is 73.1. The Morgan fingerprint density at radius 3 is 1.75 bits per heavy atom. The predicted octanol–water partition coefficient (Wildman–Crippen LogP) is 13.7. The lowest BCUT2D eigenvalue weighted by Gasteiger charge is -2.17. The zero-order valence-electron chi connectivity index (χ0n) is 31.5. The van der Waals surface area contributed by atoms with E-state index in [0.29, 0.717) is 6.42 Å². The maximum atomic E-state index is 5.33. The van der Waals surface area contributed by atoms with Gasteiger partial charge in [-0.2, -0.15) is 0 Å². The molecular weight excluding hydrogens is 691 g/mol. The van der Waals surface area contributed by atoms with E-state index in [0.717, 1.165) is 50.6 Å². The monoisotopic (exact) mass is 729 g/mol. The summed E-state index contributed by atoms with van der Waals surface area (Å²) in [5.74, 6) is 0.724. The second-order valence-corrected chi connectivity index (χ2v) is 14.7. The van der Waals surface area contributed by atoms with E-state index in [-0.39, 0.29) is 6.04 Å². The van der Waals surface area contributed by atoms with Crippen molar-refractivity contribution >= 4 is 33.4 Å². The predicted molar refractivity (Wildman–Crippen MR) is 240 cm³/mol. The van der Waals surface area contributed by atoms with Crippen molar-refractivity contribution in [2.45, 2.75) is 12.5 Å². The first-order chi connectivity index (χ1) is 28.2. The molecule has 8 aromatic carbocycles. The quantitative estimate of drug-likeness (QED) is 0.146. The van der Waals surface area contributed by atoms with Gasteiger partial charge in [-0.3, -0.25) is 4.99 Å². The molecule has 0 amide bonds. The van der Waals surface area contributed by atoms with Gasteiger partial charge in [0.25, 0.3) is 0 Å². The molecule has 1 aliphatic rings. The van der Waals surface area contributed by atoms with Gasteiger partial charge in [-0.05, 0) is 80.9 Å². The number of para-hydroxylation sites is 1. The fourth-order valence-corrected chi connectivity index (χ4v) is 8.27. The van der Waals surface area contributed by atoms with Crippen LogP contribution in [0.2, 0.25) is 0 Å². The SMILES string of the molecule is C=C1CC(c2ccccc2)=NC(c2ccccc2)=NC1c1cccc(-c2cccc(-n3c4ccccc4c4cc(-c5ccccc5)cc(-c5ccccc5)c43)c2)c1. The Bertz CT molecular complexity index is 2980. The highest BCUT2D eigenvalue weighted by atomic mass is 15.0. The van der Waals surface area contributed by atoms with Gasteiger partial charge in [0.2, 0.25) is 0 Å². The van der Waals surface area contributed by atoms with Crippen LogP contribution in [0, 0.1) is 0 Å². The largest absolute Gasteiger partial charge is 0.309 e. The minimum absolute atomic E-state index is 0.252. The van der Waals surface area contributed by atoms with E-state index < -0.39 is 0 Å². The second kappa shape index (κ2) is 14.7. The first-order valence-electron chi connectivity index (χ1n) is 19.5. The van der Waals surface area contributed by atoms with Gasteiger partial charge in [-0.25, -0.2) is 4.99 Å². The van der Waals surface area contributed by atoms with Crippen LogP contribution in [0.4, 0.5) is 0 Å². The molecule has 9 aromatic rings. The molecule has 270 valence electrons. The summed E-state index contributed by atoms with van der Waals surface area (Å²) in [4.78, 5) is 10.5. The topological polar surface area (TPSA) is 29.6 Å². The van der Waals surface area contributed by atoms with Crippen molar-refractivity contribution in [1.82, 2.24) is 4.57 Å². The third-order valence-corrected chi connectivity index (χ3v) is 11.0. The van der Waals surface area contributed by atoms with Crippen LogP contribution < -0.4 is 0 Å². The molecule has 0 saturated carbocycles. The summed E-state index contributed by atoms with van der Waals surface area (Å²) in [6.07, 6.45) is 0.637. The van der Waals surface area contributed by atoms with E-state index in [1.807, 2.05) is 24.3 Å². The third kappa shape index (κ3) is 6.49. The van der Waals surface area contributed by atoms with E-state index in [2.05, 4.69) is 193 Å². The number of benzene rings is 8. The standard InChI is InChI=1S/C54H39N3/c1-37-32-50(40-22-10-4-11-23-40)55-54(41-24-12-5-13-25-41)56-52(37)44-28-16-26-42(33-44)43-27-17-29-46(34-43)57-51-31-15-14-30-47(51)49-36-45(38-18-6-2-7-19-38)35-48(53(49)57)39-20-8-3-9-21-39/h2-31,33-36,52H,1,32H2.